The van der Waals surface area contributed by atoms with Crippen molar-refractivity contribution in [2.75, 3.05) is 5.32 Å². The van der Waals surface area contributed by atoms with Crippen LogP contribution in [0.5, 0.6) is 0 Å². The van der Waals surface area contributed by atoms with Crippen LogP contribution in [0.1, 0.15) is 27.4 Å². The van der Waals surface area contributed by atoms with Gasteiger partial charge in [-0.05, 0) is 49.7 Å². The maximum atomic E-state index is 12.2. The first-order chi connectivity index (χ1) is 14.5. The van der Waals surface area contributed by atoms with Crippen molar-refractivity contribution in [2.24, 2.45) is 0 Å². The average molecular weight is 436 g/mol. The van der Waals surface area contributed by atoms with E-state index in [9.17, 15) is 18.0 Å². The molecule has 2 heterocycles. The summed E-state index contributed by atoms with van der Waals surface area (Å²) in [5.74, 6) is -3.05. The number of aliphatic carboxylic acids is 1. The quantitative estimate of drug-likeness (QED) is 0.578. The van der Waals surface area contributed by atoms with E-state index in [0.717, 1.165) is 17.1 Å². The first-order valence-electron chi connectivity index (χ1n) is 8.81. The smallest absolute Gasteiger partial charge is 0.475 e. The van der Waals surface area contributed by atoms with Crippen LogP contribution in [0.2, 0.25) is 0 Å². The number of aryl methyl sites for hydroxylation is 1. The fourth-order valence-corrected chi connectivity index (χ4v) is 2.31. The third-order valence-corrected chi connectivity index (χ3v) is 4.14. The maximum absolute atomic E-state index is 12.2. The van der Waals surface area contributed by atoms with Crippen molar-refractivity contribution in [3.63, 3.8) is 0 Å². The molecule has 0 bridgehead atoms. The molecule has 31 heavy (non-hydrogen) atoms. The van der Waals surface area contributed by atoms with E-state index in [-0.39, 0.29) is 12.5 Å². The number of hydrogen-bond acceptors (Lipinski definition) is 5. The van der Waals surface area contributed by atoms with Crippen LogP contribution in [-0.2, 0) is 11.4 Å². The zero-order chi connectivity index (χ0) is 23.2. The van der Waals surface area contributed by atoms with Gasteiger partial charge in [0.2, 0.25) is 0 Å². The van der Waals surface area contributed by atoms with E-state index in [4.69, 9.17) is 15.0 Å². The standard InChI is InChI=1S/C18H18N4O2.C2HF3O2/c1-12-13(2)22(11-20-12)16-6-4-15(5-7-16)21-18(24)17-8-3-14(10-23)9-19-17;3-2(4,5)1(6)7/h3-9,11,23H,10H2,1-2H3,(H,21,24);(H,6,7). The number of rotatable bonds is 4. The van der Waals surface area contributed by atoms with Gasteiger partial charge in [0.25, 0.3) is 5.91 Å². The predicted octanol–water partition coefficient (Wildman–Crippen LogP) is 3.26. The molecule has 164 valence electrons. The van der Waals surface area contributed by atoms with Gasteiger partial charge in [0, 0.05) is 23.3 Å². The Morgan fingerprint density at radius 3 is 2.10 bits per heavy atom. The summed E-state index contributed by atoms with van der Waals surface area (Å²) in [5.41, 5.74) is 4.71. The highest BCUT2D eigenvalue weighted by Gasteiger charge is 2.38. The summed E-state index contributed by atoms with van der Waals surface area (Å²) in [6.07, 6.45) is -1.81. The van der Waals surface area contributed by atoms with Crippen molar-refractivity contribution in [1.82, 2.24) is 14.5 Å². The summed E-state index contributed by atoms with van der Waals surface area (Å²) < 4.78 is 33.7. The second-order valence-corrected chi connectivity index (χ2v) is 6.30. The fourth-order valence-electron chi connectivity index (χ4n) is 2.31. The number of hydrogen-bond donors (Lipinski definition) is 3. The second-order valence-electron chi connectivity index (χ2n) is 6.30. The molecular formula is C20H19F3N4O4. The molecule has 3 N–H and O–H groups in total. The van der Waals surface area contributed by atoms with Gasteiger partial charge in [0.15, 0.2) is 0 Å². The predicted molar refractivity (Wildman–Crippen MR) is 105 cm³/mol. The molecule has 0 aliphatic rings. The average Bonchev–Trinajstić information content (AvgIpc) is 3.07. The van der Waals surface area contributed by atoms with Crippen molar-refractivity contribution >= 4 is 17.6 Å². The van der Waals surface area contributed by atoms with Gasteiger partial charge >= 0.3 is 12.1 Å². The fraction of sp³-hybridized carbons (Fsp3) is 0.200. The van der Waals surface area contributed by atoms with E-state index in [2.05, 4.69) is 15.3 Å². The minimum Gasteiger partial charge on any atom is -0.475 e. The van der Waals surface area contributed by atoms with Crippen LogP contribution < -0.4 is 5.32 Å². The van der Waals surface area contributed by atoms with Crippen molar-refractivity contribution in [3.8, 4) is 5.69 Å². The number of carbonyl (C=O) groups excluding carboxylic acids is 1. The molecule has 1 amide bonds. The third kappa shape index (κ3) is 6.37. The minimum absolute atomic E-state index is 0.0937. The number of anilines is 1. The lowest BCUT2D eigenvalue weighted by molar-refractivity contribution is -0.192. The first kappa shape index (κ1) is 23.5. The lowest BCUT2D eigenvalue weighted by Gasteiger charge is -2.08. The van der Waals surface area contributed by atoms with Gasteiger partial charge in [-0.25, -0.2) is 9.78 Å². The van der Waals surface area contributed by atoms with Crippen LogP contribution in [0.15, 0.2) is 48.9 Å². The number of aromatic nitrogens is 3. The molecule has 1 aromatic carbocycles. The summed E-state index contributed by atoms with van der Waals surface area (Å²) in [4.78, 5) is 29.4. The molecule has 8 nitrogen and oxygen atoms in total. The summed E-state index contributed by atoms with van der Waals surface area (Å²) in [6, 6.07) is 10.8. The van der Waals surface area contributed by atoms with Crippen molar-refractivity contribution in [1.29, 1.82) is 0 Å². The SMILES string of the molecule is Cc1ncn(-c2ccc(NC(=O)c3ccc(CO)cn3)cc2)c1C.O=C(O)C(F)(F)F. The van der Waals surface area contributed by atoms with Crippen LogP contribution in [-0.4, -0.2) is 42.8 Å². The molecule has 0 aliphatic heterocycles. The van der Waals surface area contributed by atoms with Gasteiger partial charge in [-0.2, -0.15) is 13.2 Å². The van der Waals surface area contributed by atoms with E-state index in [0.29, 0.717) is 16.9 Å². The zero-order valence-electron chi connectivity index (χ0n) is 16.5. The number of amides is 1. The van der Waals surface area contributed by atoms with Crippen molar-refractivity contribution < 1.29 is 33.0 Å². The molecule has 0 unspecified atom stereocenters. The van der Waals surface area contributed by atoms with Crippen molar-refractivity contribution in [2.45, 2.75) is 26.6 Å². The third-order valence-electron chi connectivity index (χ3n) is 4.14. The highest BCUT2D eigenvalue weighted by molar-refractivity contribution is 6.02. The topological polar surface area (TPSA) is 117 Å². The number of imidazole rings is 1. The molecule has 0 atom stereocenters. The van der Waals surface area contributed by atoms with Crippen LogP contribution in [0.25, 0.3) is 5.69 Å². The van der Waals surface area contributed by atoms with E-state index in [1.54, 1.807) is 18.5 Å². The number of aliphatic hydroxyl groups is 1. The van der Waals surface area contributed by atoms with Crippen LogP contribution >= 0.6 is 0 Å². The van der Waals surface area contributed by atoms with Gasteiger partial charge in [-0.3, -0.25) is 9.78 Å². The van der Waals surface area contributed by atoms with Gasteiger partial charge in [-0.1, -0.05) is 6.07 Å². The number of alkyl halides is 3. The van der Waals surface area contributed by atoms with E-state index < -0.39 is 12.1 Å². The number of nitrogens with one attached hydrogen (secondary N) is 1. The first-order valence-corrected chi connectivity index (χ1v) is 8.81. The van der Waals surface area contributed by atoms with Gasteiger partial charge in [0.05, 0.1) is 18.6 Å². The molecule has 0 fully saturated rings. The summed E-state index contributed by atoms with van der Waals surface area (Å²) >= 11 is 0. The Morgan fingerprint density at radius 2 is 1.68 bits per heavy atom. The Kier molecular flexibility index (Phi) is 7.48. The van der Waals surface area contributed by atoms with Gasteiger partial charge in [-0.15, -0.1) is 0 Å². The number of pyridine rings is 1. The lowest BCUT2D eigenvalue weighted by Crippen LogP contribution is -2.21. The van der Waals surface area contributed by atoms with Crippen LogP contribution in [0.4, 0.5) is 18.9 Å². The minimum atomic E-state index is -5.08. The van der Waals surface area contributed by atoms with E-state index in [1.807, 2.05) is 42.7 Å². The summed E-state index contributed by atoms with van der Waals surface area (Å²) in [7, 11) is 0. The lowest BCUT2D eigenvalue weighted by atomic mass is 10.2. The summed E-state index contributed by atoms with van der Waals surface area (Å²) in [5, 5.41) is 18.9. The highest BCUT2D eigenvalue weighted by Crippen LogP contribution is 2.17. The van der Waals surface area contributed by atoms with Crippen LogP contribution in [0.3, 0.4) is 0 Å². The Hall–Kier alpha value is -3.73. The van der Waals surface area contributed by atoms with E-state index in [1.165, 1.54) is 6.20 Å². The largest absolute Gasteiger partial charge is 0.490 e. The number of carboxylic acids is 1. The molecule has 0 spiro atoms. The molecule has 0 saturated heterocycles. The van der Waals surface area contributed by atoms with Crippen molar-refractivity contribution in [3.05, 3.63) is 71.6 Å². The molecule has 0 radical (unpaired) electrons. The van der Waals surface area contributed by atoms with E-state index >= 15 is 0 Å². The number of nitrogens with zero attached hydrogens (tertiary/aromatic N) is 3. The monoisotopic (exact) mass is 436 g/mol. The van der Waals surface area contributed by atoms with Gasteiger partial charge in [0.1, 0.15) is 5.69 Å². The number of carbonyl (C=O) groups is 2. The molecule has 0 saturated carbocycles. The number of carboxylic acid groups (broad SMARTS) is 1. The Labute approximate surface area is 175 Å². The molecule has 3 rings (SSSR count). The molecular weight excluding hydrogens is 417 g/mol. The Morgan fingerprint density at radius 1 is 1.06 bits per heavy atom. The number of aliphatic hydroxyl groups excluding tert-OH is 1. The number of halogens is 3. The summed E-state index contributed by atoms with van der Waals surface area (Å²) in [6.45, 7) is 3.89. The molecule has 11 heteroatoms. The van der Waals surface area contributed by atoms with Gasteiger partial charge < -0.3 is 20.1 Å². The number of benzene rings is 1. The normalized spacial score (nSPS) is 10.8. The van der Waals surface area contributed by atoms with Crippen LogP contribution in [0, 0.1) is 13.8 Å². The Bertz CT molecular complexity index is 1050. The zero-order valence-corrected chi connectivity index (χ0v) is 16.5. The highest BCUT2D eigenvalue weighted by atomic mass is 19.4. The second kappa shape index (κ2) is 9.85. The molecule has 3 aromatic rings. The molecule has 2 aromatic heterocycles. The Balaban J connectivity index is 0.000000423. The maximum Gasteiger partial charge on any atom is 0.490 e. The molecule has 0 aliphatic carbocycles.